The Morgan fingerprint density at radius 2 is 2.10 bits per heavy atom. The second-order valence-electron chi connectivity index (χ2n) is 6.11. The van der Waals surface area contributed by atoms with E-state index in [1.54, 1.807) is 13.8 Å². The van der Waals surface area contributed by atoms with Gasteiger partial charge in [-0.2, -0.15) is 13.2 Å². The summed E-state index contributed by atoms with van der Waals surface area (Å²) in [6, 6.07) is -1.24. The number of amides is 3. The molecule has 5 nitrogen and oxygen atoms in total. The van der Waals surface area contributed by atoms with Crippen LogP contribution in [0.2, 0.25) is 0 Å². The first-order chi connectivity index (χ1) is 9.68. The normalized spacial score (nSPS) is 24.8. The minimum Gasteiger partial charge on any atom is -0.353 e. The van der Waals surface area contributed by atoms with Crippen LogP contribution in [-0.4, -0.2) is 48.7 Å². The van der Waals surface area contributed by atoms with Gasteiger partial charge in [-0.3, -0.25) is 4.79 Å². The summed E-state index contributed by atoms with van der Waals surface area (Å²) in [5.41, 5.74) is -1.77. The first-order valence-electron chi connectivity index (χ1n) is 7.07. The molecular weight excluding hydrogens is 287 g/mol. The predicted octanol–water partition coefficient (Wildman–Crippen LogP) is 1.49. The van der Waals surface area contributed by atoms with Crippen molar-refractivity contribution < 1.29 is 22.8 Å². The lowest BCUT2D eigenvalue weighted by atomic mass is 10.00. The fraction of sp³-hybridized carbons (Fsp3) is 0.846. The Bertz CT molecular complexity index is 433. The van der Waals surface area contributed by atoms with Gasteiger partial charge in [0.1, 0.15) is 6.04 Å². The van der Waals surface area contributed by atoms with Crippen molar-refractivity contribution in [3.8, 4) is 0 Å². The zero-order chi connectivity index (χ0) is 15.8. The zero-order valence-electron chi connectivity index (χ0n) is 12.1. The Kier molecular flexibility index (Phi) is 4.08. The van der Waals surface area contributed by atoms with Gasteiger partial charge >= 0.3 is 12.2 Å². The van der Waals surface area contributed by atoms with Gasteiger partial charge in [0.25, 0.3) is 0 Å². The van der Waals surface area contributed by atoms with E-state index in [2.05, 4.69) is 10.6 Å². The molecule has 0 aromatic heterocycles. The van der Waals surface area contributed by atoms with Crippen molar-refractivity contribution in [3.63, 3.8) is 0 Å². The number of halogens is 3. The number of piperazine rings is 1. The lowest BCUT2D eigenvalue weighted by molar-refractivity contribution is -0.185. The van der Waals surface area contributed by atoms with Crippen LogP contribution in [-0.2, 0) is 4.79 Å². The molecule has 1 aliphatic carbocycles. The maximum atomic E-state index is 12.8. The van der Waals surface area contributed by atoms with E-state index in [1.165, 1.54) is 4.90 Å². The van der Waals surface area contributed by atoms with Crippen LogP contribution in [0.4, 0.5) is 18.0 Å². The summed E-state index contributed by atoms with van der Waals surface area (Å²) in [7, 11) is 0. The third-order valence-electron chi connectivity index (χ3n) is 4.18. The lowest BCUT2D eigenvalue weighted by Crippen LogP contribution is -2.61. The maximum Gasteiger partial charge on any atom is 0.396 e. The molecule has 0 spiro atoms. The van der Waals surface area contributed by atoms with Gasteiger partial charge in [-0.1, -0.05) is 13.8 Å². The van der Waals surface area contributed by atoms with Crippen molar-refractivity contribution in [2.24, 2.45) is 11.3 Å². The van der Waals surface area contributed by atoms with Crippen LogP contribution in [0.5, 0.6) is 0 Å². The first kappa shape index (κ1) is 15.9. The lowest BCUT2D eigenvalue weighted by Gasteiger charge is -2.37. The van der Waals surface area contributed by atoms with E-state index in [-0.39, 0.29) is 24.7 Å². The minimum absolute atomic E-state index is 0.0465. The maximum absolute atomic E-state index is 12.8. The molecule has 1 saturated heterocycles. The van der Waals surface area contributed by atoms with Gasteiger partial charge in [-0.05, 0) is 18.8 Å². The molecule has 1 heterocycles. The smallest absolute Gasteiger partial charge is 0.353 e. The second-order valence-corrected chi connectivity index (χ2v) is 6.11. The van der Waals surface area contributed by atoms with Crippen molar-refractivity contribution in [2.75, 3.05) is 19.6 Å². The fourth-order valence-corrected chi connectivity index (χ4v) is 2.63. The summed E-state index contributed by atoms with van der Waals surface area (Å²) in [4.78, 5) is 25.3. The third-order valence-corrected chi connectivity index (χ3v) is 4.18. The van der Waals surface area contributed by atoms with Gasteiger partial charge in [0.2, 0.25) is 5.91 Å². The van der Waals surface area contributed by atoms with Crippen molar-refractivity contribution in [3.05, 3.63) is 0 Å². The number of hydrogen-bond acceptors (Lipinski definition) is 2. The predicted molar refractivity (Wildman–Crippen MR) is 69.5 cm³/mol. The first-order valence-corrected chi connectivity index (χ1v) is 7.07. The molecule has 21 heavy (non-hydrogen) atoms. The molecule has 120 valence electrons. The molecule has 1 atom stereocenters. The highest BCUT2D eigenvalue weighted by atomic mass is 19.4. The topological polar surface area (TPSA) is 61.4 Å². The van der Waals surface area contributed by atoms with E-state index in [0.29, 0.717) is 13.1 Å². The van der Waals surface area contributed by atoms with E-state index in [9.17, 15) is 22.8 Å². The molecule has 3 amide bonds. The summed E-state index contributed by atoms with van der Waals surface area (Å²) in [6.45, 7) is 3.81. The van der Waals surface area contributed by atoms with Crippen LogP contribution in [0.1, 0.15) is 26.7 Å². The van der Waals surface area contributed by atoms with E-state index < -0.39 is 30.2 Å². The number of nitrogens with one attached hydrogen (secondary N) is 2. The Labute approximate surface area is 121 Å². The number of nitrogens with zero attached hydrogens (tertiary/aromatic N) is 1. The highest BCUT2D eigenvalue weighted by Gasteiger charge is 2.63. The monoisotopic (exact) mass is 307 g/mol. The van der Waals surface area contributed by atoms with E-state index in [0.717, 1.165) is 0 Å². The molecular formula is C13H20F3N3O2. The molecule has 2 fully saturated rings. The summed E-state index contributed by atoms with van der Waals surface area (Å²) in [5, 5.41) is 5.02. The SMILES string of the molecule is CC(C)C1C(=O)NCCN1C(=O)NCC1(C(F)(F)F)CC1. The van der Waals surface area contributed by atoms with Crippen molar-refractivity contribution in [2.45, 2.75) is 38.9 Å². The van der Waals surface area contributed by atoms with Crippen molar-refractivity contribution in [1.29, 1.82) is 0 Å². The molecule has 2 N–H and O–H groups in total. The third kappa shape index (κ3) is 3.08. The quantitative estimate of drug-likeness (QED) is 0.830. The summed E-state index contributed by atoms with van der Waals surface area (Å²) in [5.74, 6) is -0.364. The molecule has 0 bridgehead atoms. The van der Waals surface area contributed by atoms with Gasteiger partial charge in [0.05, 0.1) is 5.41 Å². The van der Waals surface area contributed by atoms with Gasteiger partial charge in [-0.15, -0.1) is 0 Å². The van der Waals surface area contributed by atoms with Crippen molar-refractivity contribution >= 4 is 11.9 Å². The van der Waals surface area contributed by atoms with Crippen LogP contribution < -0.4 is 10.6 Å². The Balaban J connectivity index is 1.98. The largest absolute Gasteiger partial charge is 0.396 e. The highest BCUT2D eigenvalue weighted by Crippen LogP contribution is 2.57. The fourth-order valence-electron chi connectivity index (χ4n) is 2.63. The molecule has 0 aromatic carbocycles. The van der Waals surface area contributed by atoms with Crippen LogP contribution >= 0.6 is 0 Å². The zero-order valence-corrected chi connectivity index (χ0v) is 12.1. The van der Waals surface area contributed by atoms with E-state index in [1.807, 2.05) is 0 Å². The summed E-state index contributed by atoms with van der Waals surface area (Å²) < 4.78 is 38.5. The number of urea groups is 1. The van der Waals surface area contributed by atoms with Crippen LogP contribution in [0.3, 0.4) is 0 Å². The number of rotatable bonds is 3. The standard InChI is InChI=1S/C13H20F3N3O2/c1-8(2)9-10(20)17-5-6-19(9)11(21)18-7-12(3-4-12)13(14,15)16/h8-9H,3-7H2,1-2H3,(H,17,20)(H,18,21). The number of alkyl halides is 3. The minimum atomic E-state index is -4.29. The van der Waals surface area contributed by atoms with Crippen LogP contribution in [0, 0.1) is 11.3 Å². The molecule has 0 aromatic rings. The summed E-state index contributed by atoms with van der Waals surface area (Å²) in [6.07, 6.45) is -4.20. The summed E-state index contributed by atoms with van der Waals surface area (Å²) >= 11 is 0. The van der Waals surface area contributed by atoms with Gasteiger partial charge in [-0.25, -0.2) is 4.79 Å². The van der Waals surface area contributed by atoms with E-state index >= 15 is 0 Å². The molecule has 2 aliphatic rings. The van der Waals surface area contributed by atoms with Gasteiger partial charge < -0.3 is 15.5 Å². The van der Waals surface area contributed by atoms with Crippen LogP contribution in [0.15, 0.2) is 0 Å². The number of hydrogen-bond donors (Lipinski definition) is 2. The average Bonchev–Trinajstić information content (AvgIpc) is 3.15. The number of carbonyl (C=O) groups excluding carboxylic acids is 2. The number of carbonyl (C=O) groups is 2. The van der Waals surface area contributed by atoms with Gasteiger partial charge in [0.15, 0.2) is 0 Å². The molecule has 1 aliphatic heterocycles. The highest BCUT2D eigenvalue weighted by molar-refractivity contribution is 5.88. The Hall–Kier alpha value is -1.47. The molecule has 1 unspecified atom stereocenters. The van der Waals surface area contributed by atoms with Crippen molar-refractivity contribution in [1.82, 2.24) is 15.5 Å². The molecule has 0 radical (unpaired) electrons. The second kappa shape index (κ2) is 5.38. The molecule has 1 saturated carbocycles. The van der Waals surface area contributed by atoms with Crippen LogP contribution in [0.25, 0.3) is 0 Å². The van der Waals surface area contributed by atoms with Gasteiger partial charge in [0, 0.05) is 19.6 Å². The van der Waals surface area contributed by atoms with E-state index in [4.69, 9.17) is 0 Å². The Morgan fingerprint density at radius 1 is 1.48 bits per heavy atom. The molecule has 8 heteroatoms. The Morgan fingerprint density at radius 3 is 2.57 bits per heavy atom. The molecule has 2 rings (SSSR count). The average molecular weight is 307 g/mol.